The number of rotatable bonds is 5. The van der Waals surface area contributed by atoms with Crippen LogP contribution in [0.2, 0.25) is 0 Å². The number of hydrogen-bond acceptors (Lipinski definition) is 3. The highest BCUT2D eigenvalue weighted by Gasteiger charge is 1.97. The minimum absolute atomic E-state index is 0.195. The van der Waals surface area contributed by atoms with Gasteiger partial charge in [-0.05, 0) is 31.0 Å². The van der Waals surface area contributed by atoms with Crippen LogP contribution < -0.4 is 5.32 Å². The van der Waals surface area contributed by atoms with Crippen molar-refractivity contribution in [3.8, 4) is 0 Å². The highest BCUT2D eigenvalue weighted by molar-refractivity contribution is 5.44. The van der Waals surface area contributed by atoms with Crippen molar-refractivity contribution in [1.82, 2.24) is 9.97 Å². The fraction of sp³-hybridized carbons (Fsp3) is 0.308. The topological polar surface area (TPSA) is 60.9 Å². The van der Waals surface area contributed by atoms with E-state index in [1.54, 1.807) is 0 Å². The van der Waals surface area contributed by atoms with E-state index in [0.29, 0.717) is 6.42 Å². The third-order valence-corrected chi connectivity index (χ3v) is 2.59. The van der Waals surface area contributed by atoms with Gasteiger partial charge < -0.3 is 15.4 Å². The summed E-state index contributed by atoms with van der Waals surface area (Å²) in [6, 6.07) is 8.09. The highest BCUT2D eigenvalue weighted by atomic mass is 16.2. The van der Waals surface area contributed by atoms with Crippen molar-refractivity contribution in [1.29, 1.82) is 0 Å². The molecule has 0 radical (unpaired) electrons. The monoisotopic (exact) mass is 231 g/mol. The van der Waals surface area contributed by atoms with Crippen molar-refractivity contribution in [2.45, 2.75) is 19.9 Å². The van der Waals surface area contributed by atoms with Gasteiger partial charge in [-0.15, -0.1) is 0 Å². The van der Waals surface area contributed by atoms with E-state index in [0.717, 1.165) is 29.3 Å². The molecule has 0 spiro atoms. The van der Waals surface area contributed by atoms with Crippen molar-refractivity contribution >= 4 is 5.69 Å². The lowest BCUT2D eigenvalue weighted by atomic mass is 10.1. The van der Waals surface area contributed by atoms with Crippen molar-refractivity contribution < 1.29 is 5.11 Å². The Labute approximate surface area is 101 Å². The number of aryl methyl sites for hydroxylation is 1. The Hall–Kier alpha value is -1.81. The maximum Gasteiger partial charge on any atom is 0.103 e. The van der Waals surface area contributed by atoms with Gasteiger partial charge in [0.25, 0.3) is 0 Å². The van der Waals surface area contributed by atoms with Crippen LogP contribution in [0, 0.1) is 6.92 Å². The molecule has 17 heavy (non-hydrogen) atoms. The van der Waals surface area contributed by atoms with E-state index in [4.69, 9.17) is 5.11 Å². The van der Waals surface area contributed by atoms with E-state index < -0.39 is 0 Å². The average molecular weight is 231 g/mol. The number of hydrogen-bond donors (Lipinski definition) is 3. The van der Waals surface area contributed by atoms with Gasteiger partial charge in [-0.1, -0.05) is 12.1 Å². The quantitative estimate of drug-likeness (QED) is 0.736. The smallest absolute Gasteiger partial charge is 0.103 e. The summed E-state index contributed by atoms with van der Waals surface area (Å²) >= 11 is 0. The normalized spacial score (nSPS) is 10.5. The predicted octanol–water partition coefficient (Wildman–Crippen LogP) is 1.87. The molecule has 0 fully saturated rings. The molecule has 1 aromatic heterocycles. The second-order valence-electron chi connectivity index (χ2n) is 4.02. The van der Waals surface area contributed by atoms with Crippen molar-refractivity contribution in [2.75, 3.05) is 11.9 Å². The van der Waals surface area contributed by atoms with Crippen LogP contribution in [-0.2, 0) is 13.0 Å². The molecule has 0 amide bonds. The third-order valence-electron chi connectivity index (χ3n) is 2.59. The standard InChI is InChI=1S/C13H17N3O/c1-10-14-8-13(16-10)9-15-12-4-2-11(3-5-12)6-7-17/h2-5,8,15,17H,6-7,9H2,1H3,(H,14,16). The van der Waals surface area contributed by atoms with E-state index in [1.165, 1.54) is 0 Å². The molecule has 4 nitrogen and oxygen atoms in total. The number of H-pyrrole nitrogens is 1. The fourth-order valence-corrected chi connectivity index (χ4v) is 1.68. The molecule has 0 bridgehead atoms. The van der Waals surface area contributed by atoms with E-state index in [9.17, 15) is 0 Å². The van der Waals surface area contributed by atoms with E-state index in [2.05, 4.69) is 15.3 Å². The predicted molar refractivity (Wildman–Crippen MR) is 67.9 cm³/mol. The van der Waals surface area contributed by atoms with Gasteiger partial charge in [-0.3, -0.25) is 0 Å². The fourth-order valence-electron chi connectivity index (χ4n) is 1.68. The van der Waals surface area contributed by atoms with Gasteiger partial charge in [0.15, 0.2) is 0 Å². The van der Waals surface area contributed by atoms with Crippen molar-refractivity contribution in [2.24, 2.45) is 0 Å². The van der Waals surface area contributed by atoms with Crippen LogP contribution in [0.25, 0.3) is 0 Å². The molecular formula is C13H17N3O. The molecule has 0 saturated carbocycles. The van der Waals surface area contributed by atoms with Crippen molar-refractivity contribution in [3.63, 3.8) is 0 Å². The summed E-state index contributed by atoms with van der Waals surface area (Å²) in [6.07, 6.45) is 2.54. The van der Waals surface area contributed by atoms with Crippen LogP contribution >= 0.6 is 0 Å². The van der Waals surface area contributed by atoms with Gasteiger partial charge >= 0.3 is 0 Å². The van der Waals surface area contributed by atoms with Crippen molar-refractivity contribution in [3.05, 3.63) is 47.5 Å². The number of aromatic amines is 1. The second kappa shape index (κ2) is 5.50. The maximum atomic E-state index is 8.82. The second-order valence-corrected chi connectivity index (χ2v) is 4.02. The molecule has 0 aliphatic carbocycles. The molecule has 3 N–H and O–H groups in total. The summed E-state index contributed by atoms with van der Waals surface area (Å²) in [5, 5.41) is 12.1. The number of aromatic nitrogens is 2. The Morgan fingerprint density at radius 3 is 2.65 bits per heavy atom. The highest BCUT2D eigenvalue weighted by Crippen LogP contribution is 2.11. The Kier molecular flexibility index (Phi) is 3.77. The summed E-state index contributed by atoms with van der Waals surface area (Å²) in [4.78, 5) is 7.32. The SMILES string of the molecule is Cc1ncc(CNc2ccc(CCO)cc2)[nH]1. The first-order valence-corrected chi connectivity index (χ1v) is 5.72. The summed E-state index contributed by atoms with van der Waals surface area (Å²) in [5.74, 6) is 0.931. The van der Waals surface area contributed by atoms with Crippen LogP contribution in [0.1, 0.15) is 17.1 Å². The van der Waals surface area contributed by atoms with Crippen LogP contribution in [-0.4, -0.2) is 21.7 Å². The molecule has 0 aliphatic rings. The number of imidazole rings is 1. The van der Waals surface area contributed by atoms with Gasteiger partial charge in [-0.2, -0.15) is 0 Å². The van der Waals surface area contributed by atoms with E-state index in [1.807, 2.05) is 37.4 Å². The zero-order chi connectivity index (χ0) is 12.1. The Balaban J connectivity index is 1.90. The van der Waals surface area contributed by atoms with Crippen LogP contribution in [0.15, 0.2) is 30.5 Å². The lowest BCUT2D eigenvalue weighted by molar-refractivity contribution is 0.299. The largest absolute Gasteiger partial charge is 0.396 e. The van der Waals surface area contributed by atoms with Gasteiger partial charge in [0.2, 0.25) is 0 Å². The van der Waals surface area contributed by atoms with Crippen LogP contribution in [0.3, 0.4) is 0 Å². The van der Waals surface area contributed by atoms with Crippen LogP contribution in [0.5, 0.6) is 0 Å². The van der Waals surface area contributed by atoms with Crippen LogP contribution in [0.4, 0.5) is 5.69 Å². The molecule has 0 atom stereocenters. The zero-order valence-corrected chi connectivity index (χ0v) is 9.90. The molecule has 0 saturated heterocycles. The molecule has 1 heterocycles. The molecule has 0 unspecified atom stereocenters. The third kappa shape index (κ3) is 3.32. The average Bonchev–Trinajstić information content (AvgIpc) is 2.75. The lowest BCUT2D eigenvalue weighted by Crippen LogP contribution is -2.00. The zero-order valence-electron chi connectivity index (χ0n) is 9.90. The Morgan fingerprint density at radius 2 is 2.06 bits per heavy atom. The minimum atomic E-state index is 0.195. The molecule has 4 heteroatoms. The minimum Gasteiger partial charge on any atom is -0.396 e. The summed E-state index contributed by atoms with van der Waals surface area (Å²) in [5.41, 5.74) is 3.29. The number of anilines is 1. The van der Waals surface area contributed by atoms with E-state index in [-0.39, 0.29) is 6.61 Å². The number of nitrogens with zero attached hydrogens (tertiary/aromatic N) is 1. The number of nitrogens with one attached hydrogen (secondary N) is 2. The molecule has 0 aliphatic heterocycles. The Morgan fingerprint density at radius 1 is 1.29 bits per heavy atom. The number of aliphatic hydroxyl groups excluding tert-OH is 1. The maximum absolute atomic E-state index is 8.82. The molecular weight excluding hydrogens is 214 g/mol. The summed E-state index contributed by atoms with van der Waals surface area (Å²) < 4.78 is 0. The molecule has 90 valence electrons. The first-order chi connectivity index (χ1) is 8.28. The van der Waals surface area contributed by atoms with Gasteiger partial charge in [0.05, 0.1) is 18.4 Å². The molecule has 2 aromatic rings. The number of aliphatic hydroxyl groups is 1. The van der Waals surface area contributed by atoms with Gasteiger partial charge in [0.1, 0.15) is 5.82 Å². The molecule has 2 rings (SSSR count). The summed E-state index contributed by atoms with van der Waals surface area (Å²) in [7, 11) is 0. The Bertz CT molecular complexity index is 462. The molecule has 1 aromatic carbocycles. The van der Waals surface area contributed by atoms with Gasteiger partial charge in [-0.25, -0.2) is 4.98 Å². The number of benzene rings is 1. The first kappa shape index (κ1) is 11.7. The van der Waals surface area contributed by atoms with Gasteiger partial charge in [0, 0.05) is 12.3 Å². The first-order valence-electron chi connectivity index (χ1n) is 5.72. The van der Waals surface area contributed by atoms with E-state index >= 15 is 0 Å². The lowest BCUT2D eigenvalue weighted by Gasteiger charge is -2.05. The summed E-state index contributed by atoms with van der Waals surface area (Å²) in [6.45, 7) is 2.87.